The monoisotopic (exact) mass is 211 g/mol. The van der Waals surface area contributed by atoms with Crippen molar-refractivity contribution in [3.63, 3.8) is 0 Å². The number of nitrogens with one attached hydrogen (secondary N) is 1. The van der Waals surface area contributed by atoms with Gasteiger partial charge in [-0.3, -0.25) is 0 Å². The van der Waals surface area contributed by atoms with E-state index in [4.69, 9.17) is 4.74 Å². The van der Waals surface area contributed by atoms with Crippen LogP contribution in [-0.2, 0) is 4.74 Å². The summed E-state index contributed by atoms with van der Waals surface area (Å²) in [5.74, 6) is 0. The standard InChI is InChI=1S/C12H21NO2/c1-13-11-4-6-12(14,7-5-11)10-3-2-8-15-9-10/h9,11,13-14H,2-8H2,1H3. The molecule has 1 fully saturated rings. The van der Waals surface area contributed by atoms with Crippen molar-refractivity contribution < 1.29 is 9.84 Å². The van der Waals surface area contributed by atoms with Crippen LogP contribution in [0.4, 0.5) is 0 Å². The molecule has 0 aromatic rings. The Bertz CT molecular complexity index is 242. The fourth-order valence-corrected chi connectivity index (χ4v) is 2.61. The van der Waals surface area contributed by atoms with Gasteiger partial charge in [0, 0.05) is 6.04 Å². The van der Waals surface area contributed by atoms with Gasteiger partial charge in [0.15, 0.2) is 0 Å². The summed E-state index contributed by atoms with van der Waals surface area (Å²) in [7, 11) is 2.00. The van der Waals surface area contributed by atoms with E-state index in [1.165, 1.54) is 0 Å². The third kappa shape index (κ3) is 2.34. The second-order valence-electron chi connectivity index (χ2n) is 4.71. The molecule has 1 aliphatic carbocycles. The maximum absolute atomic E-state index is 10.5. The maximum Gasteiger partial charge on any atom is 0.0890 e. The summed E-state index contributed by atoms with van der Waals surface area (Å²) in [4.78, 5) is 0. The first-order valence-electron chi connectivity index (χ1n) is 5.95. The van der Waals surface area contributed by atoms with Crippen molar-refractivity contribution in [3.8, 4) is 0 Å². The summed E-state index contributed by atoms with van der Waals surface area (Å²) < 4.78 is 5.32. The fourth-order valence-electron chi connectivity index (χ4n) is 2.61. The Kier molecular flexibility index (Phi) is 3.32. The van der Waals surface area contributed by atoms with Gasteiger partial charge >= 0.3 is 0 Å². The molecular formula is C12H21NO2. The summed E-state index contributed by atoms with van der Waals surface area (Å²) in [6.07, 6.45) is 7.70. The lowest BCUT2D eigenvalue weighted by Crippen LogP contribution is -2.42. The molecule has 1 heterocycles. The number of hydrogen-bond donors (Lipinski definition) is 2. The Hall–Kier alpha value is -0.540. The van der Waals surface area contributed by atoms with Gasteiger partial charge in [-0.05, 0) is 51.1 Å². The van der Waals surface area contributed by atoms with Gasteiger partial charge in [-0.15, -0.1) is 0 Å². The fraction of sp³-hybridized carbons (Fsp3) is 0.833. The predicted octanol–water partition coefficient (Wildman–Crippen LogP) is 1.57. The first kappa shape index (κ1) is 11.0. The van der Waals surface area contributed by atoms with Crippen LogP contribution in [0.3, 0.4) is 0 Å². The second-order valence-corrected chi connectivity index (χ2v) is 4.71. The maximum atomic E-state index is 10.5. The van der Waals surface area contributed by atoms with E-state index < -0.39 is 5.60 Å². The van der Waals surface area contributed by atoms with E-state index in [9.17, 15) is 5.11 Å². The Morgan fingerprint density at radius 1 is 1.47 bits per heavy atom. The van der Waals surface area contributed by atoms with Crippen molar-refractivity contribution in [2.45, 2.75) is 50.2 Å². The largest absolute Gasteiger partial charge is 0.501 e. The van der Waals surface area contributed by atoms with Crippen LogP contribution in [0.2, 0.25) is 0 Å². The number of rotatable bonds is 2. The highest BCUT2D eigenvalue weighted by atomic mass is 16.5. The quantitative estimate of drug-likeness (QED) is 0.728. The predicted molar refractivity (Wildman–Crippen MR) is 59.5 cm³/mol. The third-order valence-electron chi connectivity index (χ3n) is 3.75. The molecule has 0 spiro atoms. The number of ether oxygens (including phenoxy) is 1. The molecule has 0 bridgehead atoms. The number of aliphatic hydroxyl groups is 1. The van der Waals surface area contributed by atoms with E-state index in [-0.39, 0.29) is 0 Å². The van der Waals surface area contributed by atoms with E-state index >= 15 is 0 Å². The van der Waals surface area contributed by atoms with Crippen LogP contribution in [-0.4, -0.2) is 30.4 Å². The summed E-state index contributed by atoms with van der Waals surface area (Å²) in [6, 6.07) is 0.579. The molecule has 15 heavy (non-hydrogen) atoms. The molecule has 1 aliphatic heterocycles. The molecule has 0 aromatic heterocycles. The molecule has 1 saturated carbocycles. The molecule has 0 radical (unpaired) electrons. The van der Waals surface area contributed by atoms with Crippen LogP contribution < -0.4 is 5.32 Å². The molecule has 0 saturated heterocycles. The van der Waals surface area contributed by atoms with Gasteiger partial charge in [-0.2, -0.15) is 0 Å². The zero-order chi connectivity index (χ0) is 10.7. The molecule has 3 heteroatoms. The summed E-state index contributed by atoms with van der Waals surface area (Å²) in [5.41, 5.74) is 0.539. The Morgan fingerprint density at radius 2 is 2.20 bits per heavy atom. The highest BCUT2D eigenvalue weighted by Crippen LogP contribution is 2.37. The third-order valence-corrected chi connectivity index (χ3v) is 3.75. The van der Waals surface area contributed by atoms with Crippen LogP contribution in [0, 0.1) is 0 Å². The van der Waals surface area contributed by atoms with Crippen molar-refractivity contribution >= 4 is 0 Å². The minimum Gasteiger partial charge on any atom is -0.501 e. The van der Waals surface area contributed by atoms with Crippen LogP contribution in [0.5, 0.6) is 0 Å². The lowest BCUT2D eigenvalue weighted by Gasteiger charge is -2.38. The van der Waals surface area contributed by atoms with Gasteiger partial charge in [0.25, 0.3) is 0 Å². The van der Waals surface area contributed by atoms with Gasteiger partial charge in [-0.25, -0.2) is 0 Å². The Morgan fingerprint density at radius 3 is 2.73 bits per heavy atom. The van der Waals surface area contributed by atoms with E-state index in [1.807, 2.05) is 7.05 Å². The summed E-state index contributed by atoms with van der Waals surface area (Å²) in [5, 5.41) is 13.8. The zero-order valence-electron chi connectivity index (χ0n) is 9.46. The SMILES string of the molecule is CNC1CCC(O)(C2=COCCC2)CC1. The molecular weight excluding hydrogens is 190 g/mol. The molecule has 86 valence electrons. The molecule has 2 N–H and O–H groups in total. The van der Waals surface area contributed by atoms with Crippen LogP contribution in [0.25, 0.3) is 0 Å². The van der Waals surface area contributed by atoms with Gasteiger partial charge in [0.2, 0.25) is 0 Å². The highest BCUT2D eigenvalue weighted by Gasteiger charge is 2.36. The van der Waals surface area contributed by atoms with Crippen LogP contribution in [0.15, 0.2) is 11.8 Å². The van der Waals surface area contributed by atoms with Gasteiger partial charge in [0.05, 0.1) is 18.5 Å². The molecule has 2 rings (SSSR count). The van der Waals surface area contributed by atoms with Gasteiger partial charge in [-0.1, -0.05) is 0 Å². The van der Waals surface area contributed by atoms with E-state index in [0.29, 0.717) is 6.04 Å². The Labute approximate surface area is 91.5 Å². The number of hydrogen-bond acceptors (Lipinski definition) is 3. The summed E-state index contributed by atoms with van der Waals surface area (Å²) in [6.45, 7) is 0.804. The van der Waals surface area contributed by atoms with Crippen molar-refractivity contribution in [3.05, 3.63) is 11.8 Å². The van der Waals surface area contributed by atoms with Gasteiger partial charge in [0.1, 0.15) is 0 Å². The summed E-state index contributed by atoms with van der Waals surface area (Å²) >= 11 is 0. The first-order chi connectivity index (χ1) is 7.24. The molecule has 0 amide bonds. The average Bonchev–Trinajstić information content (AvgIpc) is 2.31. The van der Waals surface area contributed by atoms with E-state index in [0.717, 1.165) is 50.7 Å². The highest BCUT2D eigenvalue weighted by molar-refractivity contribution is 5.17. The first-order valence-corrected chi connectivity index (χ1v) is 5.95. The minimum atomic E-state index is -0.576. The minimum absolute atomic E-state index is 0.576. The molecule has 0 aromatic carbocycles. The lowest BCUT2D eigenvalue weighted by molar-refractivity contribution is 0.0201. The molecule has 0 atom stereocenters. The van der Waals surface area contributed by atoms with Gasteiger partial charge < -0.3 is 15.2 Å². The molecule has 0 unspecified atom stereocenters. The smallest absolute Gasteiger partial charge is 0.0890 e. The van der Waals surface area contributed by atoms with Crippen LogP contribution in [0.1, 0.15) is 38.5 Å². The lowest BCUT2D eigenvalue weighted by atomic mass is 9.76. The zero-order valence-corrected chi connectivity index (χ0v) is 9.46. The average molecular weight is 211 g/mol. The van der Waals surface area contributed by atoms with Crippen LogP contribution >= 0.6 is 0 Å². The van der Waals surface area contributed by atoms with Crippen molar-refractivity contribution in [1.29, 1.82) is 0 Å². The normalized spacial score (nSPS) is 36.9. The molecule has 2 aliphatic rings. The van der Waals surface area contributed by atoms with Crippen molar-refractivity contribution in [1.82, 2.24) is 5.32 Å². The second kappa shape index (κ2) is 4.54. The van der Waals surface area contributed by atoms with Crippen molar-refractivity contribution in [2.24, 2.45) is 0 Å². The van der Waals surface area contributed by atoms with Crippen molar-refractivity contribution in [2.75, 3.05) is 13.7 Å². The van der Waals surface area contributed by atoms with E-state index in [1.54, 1.807) is 6.26 Å². The van der Waals surface area contributed by atoms with E-state index in [2.05, 4.69) is 5.32 Å². The molecule has 3 nitrogen and oxygen atoms in total. The Balaban J connectivity index is 1.98. The topological polar surface area (TPSA) is 41.5 Å².